The zero-order chi connectivity index (χ0) is 15.9. The fraction of sp³-hybridized carbons (Fsp3) is 0.286. The normalized spacial score (nSPS) is 10.3. The third-order valence-electron chi connectivity index (χ3n) is 2.56. The van der Waals surface area contributed by atoms with Crippen molar-refractivity contribution < 1.29 is 9.59 Å². The van der Waals surface area contributed by atoms with Gasteiger partial charge in [-0.15, -0.1) is 22.0 Å². The lowest BCUT2D eigenvalue weighted by Gasteiger charge is -2.04. The number of carbonyl (C=O) groups excluding carboxylic acids is 2. The van der Waals surface area contributed by atoms with E-state index in [9.17, 15) is 9.59 Å². The van der Waals surface area contributed by atoms with Crippen LogP contribution >= 0.6 is 23.1 Å². The smallest absolute Gasteiger partial charge is 0.236 e. The zero-order valence-corrected chi connectivity index (χ0v) is 13.9. The molecule has 0 saturated carbocycles. The lowest BCUT2D eigenvalue weighted by molar-refractivity contribution is -0.114. The highest BCUT2D eigenvalue weighted by Crippen LogP contribution is 2.21. The van der Waals surface area contributed by atoms with E-state index in [1.54, 1.807) is 12.1 Å². The van der Waals surface area contributed by atoms with Crippen molar-refractivity contribution in [3.05, 3.63) is 29.3 Å². The number of hydrogen-bond acceptors (Lipinski definition) is 6. The van der Waals surface area contributed by atoms with Crippen LogP contribution < -0.4 is 10.6 Å². The Hall–Kier alpha value is -1.93. The first-order valence-electron chi connectivity index (χ1n) is 6.69. The Labute approximate surface area is 136 Å². The largest absolute Gasteiger partial charge is 0.326 e. The van der Waals surface area contributed by atoms with E-state index >= 15 is 0 Å². The van der Waals surface area contributed by atoms with Crippen LogP contribution in [0.5, 0.6) is 0 Å². The van der Waals surface area contributed by atoms with Gasteiger partial charge in [0.1, 0.15) is 5.01 Å². The number of amides is 2. The zero-order valence-electron chi connectivity index (χ0n) is 12.3. The first-order valence-corrected chi connectivity index (χ1v) is 8.49. The molecule has 0 unspecified atom stereocenters. The summed E-state index contributed by atoms with van der Waals surface area (Å²) in [5, 5.41) is 14.7. The first-order chi connectivity index (χ1) is 10.6. The number of aryl methyl sites for hydroxylation is 1. The summed E-state index contributed by atoms with van der Waals surface area (Å²) >= 11 is 2.81. The van der Waals surface area contributed by atoms with Gasteiger partial charge in [-0.05, 0) is 30.7 Å². The number of nitrogens with zero attached hydrogens (tertiary/aromatic N) is 2. The Morgan fingerprint density at radius 1 is 1.18 bits per heavy atom. The summed E-state index contributed by atoms with van der Waals surface area (Å²) in [6.07, 6.45) is 0.808. The molecule has 1 aromatic heterocycles. The van der Waals surface area contributed by atoms with Gasteiger partial charge in [0.25, 0.3) is 0 Å². The molecule has 6 nitrogen and oxygen atoms in total. The number of carbonyl (C=O) groups is 2. The number of aromatic nitrogens is 2. The predicted octanol–water partition coefficient (Wildman–Crippen LogP) is 2.79. The van der Waals surface area contributed by atoms with E-state index in [0.717, 1.165) is 22.0 Å². The summed E-state index contributed by atoms with van der Waals surface area (Å²) in [6.45, 7) is 3.46. The van der Waals surface area contributed by atoms with E-state index in [1.807, 2.05) is 19.1 Å². The van der Waals surface area contributed by atoms with Crippen molar-refractivity contribution in [3.63, 3.8) is 0 Å². The van der Waals surface area contributed by atoms with E-state index < -0.39 is 0 Å². The van der Waals surface area contributed by atoms with Crippen molar-refractivity contribution >= 4 is 45.7 Å². The quantitative estimate of drug-likeness (QED) is 0.793. The monoisotopic (exact) mass is 336 g/mol. The molecule has 0 fully saturated rings. The van der Waals surface area contributed by atoms with Crippen molar-refractivity contribution in [2.45, 2.75) is 25.2 Å². The molecule has 2 aromatic rings. The van der Waals surface area contributed by atoms with Gasteiger partial charge in [0.2, 0.25) is 16.9 Å². The van der Waals surface area contributed by atoms with Gasteiger partial charge in [-0.3, -0.25) is 14.9 Å². The lowest BCUT2D eigenvalue weighted by atomic mass is 10.3. The molecule has 1 aromatic carbocycles. The summed E-state index contributed by atoms with van der Waals surface area (Å²) in [6, 6.07) is 7.34. The van der Waals surface area contributed by atoms with Gasteiger partial charge < -0.3 is 5.32 Å². The molecule has 0 spiro atoms. The van der Waals surface area contributed by atoms with Gasteiger partial charge in [0.15, 0.2) is 0 Å². The molecule has 2 N–H and O–H groups in total. The highest BCUT2D eigenvalue weighted by molar-refractivity contribution is 8.00. The van der Waals surface area contributed by atoms with Crippen LogP contribution in [0.25, 0.3) is 0 Å². The van der Waals surface area contributed by atoms with Crippen molar-refractivity contribution in [1.29, 1.82) is 0 Å². The summed E-state index contributed by atoms with van der Waals surface area (Å²) in [5.41, 5.74) is 0.738. The molecule has 8 heteroatoms. The molecule has 0 radical (unpaired) electrons. The van der Waals surface area contributed by atoms with Crippen LogP contribution in [0.15, 0.2) is 29.2 Å². The minimum Gasteiger partial charge on any atom is -0.326 e. The molecule has 0 atom stereocenters. The average molecular weight is 336 g/mol. The molecular weight excluding hydrogens is 320 g/mol. The molecule has 22 heavy (non-hydrogen) atoms. The standard InChI is InChI=1S/C14H16N4O2S2/c1-3-13-17-18-14(22-13)16-12(20)8-21-11-6-4-10(5-7-11)15-9(2)19/h4-7H,3,8H2,1-2H3,(H,15,19)(H,16,18,20). The van der Waals surface area contributed by atoms with Crippen LogP contribution in [-0.2, 0) is 16.0 Å². The van der Waals surface area contributed by atoms with Crippen LogP contribution in [0.1, 0.15) is 18.9 Å². The molecule has 0 bridgehead atoms. The molecule has 0 saturated heterocycles. The van der Waals surface area contributed by atoms with Gasteiger partial charge in [0, 0.05) is 17.5 Å². The molecule has 2 rings (SSSR count). The van der Waals surface area contributed by atoms with Crippen LogP contribution in [-0.4, -0.2) is 27.8 Å². The molecule has 2 amide bonds. The highest BCUT2D eigenvalue weighted by atomic mass is 32.2. The molecule has 0 aliphatic carbocycles. The molecular formula is C14H16N4O2S2. The van der Waals surface area contributed by atoms with Gasteiger partial charge in [-0.1, -0.05) is 18.3 Å². The third kappa shape index (κ3) is 5.12. The summed E-state index contributed by atoms with van der Waals surface area (Å²) in [7, 11) is 0. The number of rotatable bonds is 6. The van der Waals surface area contributed by atoms with Crippen LogP contribution in [0.3, 0.4) is 0 Å². The minimum atomic E-state index is -0.116. The van der Waals surface area contributed by atoms with Crippen LogP contribution in [0.2, 0.25) is 0 Å². The van der Waals surface area contributed by atoms with Crippen LogP contribution in [0, 0.1) is 0 Å². The fourth-order valence-corrected chi connectivity index (χ4v) is 2.98. The maximum absolute atomic E-state index is 11.8. The van der Waals surface area contributed by atoms with E-state index in [0.29, 0.717) is 10.9 Å². The van der Waals surface area contributed by atoms with Crippen molar-refractivity contribution in [3.8, 4) is 0 Å². The second kappa shape index (κ2) is 7.90. The van der Waals surface area contributed by atoms with Crippen LogP contribution in [0.4, 0.5) is 10.8 Å². The predicted molar refractivity (Wildman–Crippen MR) is 89.4 cm³/mol. The first kappa shape index (κ1) is 16.4. The Morgan fingerprint density at radius 3 is 2.50 bits per heavy atom. The van der Waals surface area contributed by atoms with E-state index in [4.69, 9.17) is 0 Å². The Kier molecular flexibility index (Phi) is 5.91. The Bertz CT molecular complexity index is 655. The topological polar surface area (TPSA) is 84.0 Å². The summed E-state index contributed by atoms with van der Waals surface area (Å²) in [4.78, 5) is 23.7. The molecule has 116 valence electrons. The van der Waals surface area contributed by atoms with E-state index in [-0.39, 0.29) is 11.8 Å². The SMILES string of the molecule is CCc1nnc(NC(=O)CSc2ccc(NC(C)=O)cc2)s1. The van der Waals surface area contributed by atoms with Gasteiger partial charge in [-0.25, -0.2) is 0 Å². The number of anilines is 2. The Morgan fingerprint density at radius 2 is 1.91 bits per heavy atom. The third-order valence-corrected chi connectivity index (χ3v) is 4.56. The number of hydrogen-bond donors (Lipinski definition) is 2. The second-order valence-corrected chi connectivity index (χ2v) is 6.51. The number of nitrogens with one attached hydrogen (secondary N) is 2. The summed E-state index contributed by atoms with van der Waals surface area (Å²) in [5.74, 6) is 0.0681. The molecule has 1 heterocycles. The second-order valence-electron chi connectivity index (χ2n) is 4.40. The van der Waals surface area contributed by atoms with Crippen molar-refractivity contribution in [2.24, 2.45) is 0 Å². The summed E-state index contributed by atoms with van der Waals surface area (Å²) < 4.78 is 0. The minimum absolute atomic E-state index is 0.108. The average Bonchev–Trinajstić information content (AvgIpc) is 2.93. The van der Waals surface area contributed by atoms with E-state index in [2.05, 4.69) is 20.8 Å². The van der Waals surface area contributed by atoms with E-state index in [1.165, 1.54) is 30.0 Å². The highest BCUT2D eigenvalue weighted by Gasteiger charge is 2.08. The van der Waals surface area contributed by atoms with Crippen molar-refractivity contribution in [2.75, 3.05) is 16.4 Å². The van der Waals surface area contributed by atoms with Crippen molar-refractivity contribution in [1.82, 2.24) is 10.2 Å². The lowest BCUT2D eigenvalue weighted by Crippen LogP contribution is -2.13. The molecule has 0 aliphatic heterocycles. The van der Waals surface area contributed by atoms with Gasteiger partial charge in [0.05, 0.1) is 5.75 Å². The van der Waals surface area contributed by atoms with Gasteiger partial charge >= 0.3 is 0 Å². The Balaban J connectivity index is 1.81. The maximum Gasteiger partial charge on any atom is 0.236 e. The molecule has 0 aliphatic rings. The maximum atomic E-state index is 11.8. The number of thioether (sulfide) groups is 1. The fourth-order valence-electron chi connectivity index (χ4n) is 1.59. The number of benzene rings is 1. The van der Waals surface area contributed by atoms with Gasteiger partial charge in [-0.2, -0.15) is 0 Å².